The fourth-order valence-electron chi connectivity index (χ4n) is 2.04. The van der Waals surface area contributed by atoms with Crippen LogP contribution in [-0.4, -0.2) is 21.9 Å². The molecule has 1 N–H and O–H groups in total. The van der Waals surface area contributed by atoms with E-state index >= 15 is 0 Å². The van der Waals surface area contributed by atoms with Crippen molar-refractivity contribution in [3.8, 4) is 11.5 Å². The van der Waals surface area contributed by atoms with Crippen molar-refractivity contribution in [2.45, 2.75) is 16.4 Å². The molecule has 2 aromatic carbocycles. The van der Waals surface area contributed by atoms with Crippen molar-refractivity contribution in [1.82, 2.24) is 5.32 Å². The van der Waals surface area contributed by atoms with E-state index in [0.29, 0.717) is 5.75 Å². The van der Waals surface area contributed by atoms with Crippen LogP contribution >= 0.6 is 34.8 Å². The molecule has 1 atom stereocenters. The van der Waals surface area contributed by atoms with Crippen LogP contribution < -0.4 is 14.8 Å². The molecule has 27 heavy (non-hydrogen) atoms. The van der Waals surface area contributed by atoms with Crippen molar-refractivity contribution in [2.75, 3.05) is 0 Å². The summed E-state index contributed by atoms with van der Waals surface area (Å²) in [6.07, 6.45) is 0.121. The molecule has 142 valence electrons. The maximum Gasteiger partial charge on any atom is 0.315 e. The minimum atomic E-state index is -1.94. The Morgan fingerprint density at radius 2 is 1.70 bits per heavy atom. The summed E-state index contributed by atoms with van der Waals surface area (Å²) >= 11 is 17.8. The van der Waals surface area contributed by atoms with Crippen LogP contribution in [-0.2, 0) is 4.79 Å². The van der Waals surface area contributed by atoms with E-state index in [9.17, 15) is 9.59 Å². The van der Waals surface area contributed by atoms with E-state index in [2.05, 4.69) is 11.9 Å². The van der Waals surface area contributed by atoms with E-state index in [4.69, 9.17) is 44.3 Å². The average molecular weight is 429 g/mol. The molecule has 2 rings (SSSR count). The Kier molecular flexibility index (Phi) is 7.54. The van der Waals surface area contributed by atoms with Gasteiger partial charge in [0.05, 0.1) is 12.0 Å². The molecule has 0 aliphatic carbocycles. The van der Waals surface area contributed by atoms with Gasteiger partial charge in [0.15, 0.2) is 0 Å². The number of alkyl halides is 3. The summed E-state index contributed by atoms with van der Waals surface area (Å²) in [6, 6.07) is 14.8. The van der Waals surface area contributed by atoms with Crippen LogP contribution in [0, 0.1) is 0 Å². The highest BCUT2D eigenvalue weighted by Gasteiger charge is 2.36. The monoisotopic (exact) mass is 427 g/mol. The van der Waals surface area contributed by atoms with E-state index < -0.39 is 21.9 Å². The lowest BCUT2D eigenvalue weighted by Gasteiger charge is -2.26. The second kappa shape index (κ2) is 9.65. The Balaban J connectivity index is 2.20. The van der Waals surface area contributed by atoms with Crippen molar-refractivity contribution < 1.29 is 19.1 Å². The van der Waals surface area contributed by atoms with Gasteiger partial charge in [-0.2, -0.15) is 0 Å². The lowest BCUT2D eigenvalue weighted by Crippen LogP contribution is -2.47. The van der Waals surface area contributed by atoms with Crippen LogP contribution in [0.25, 0.3) is 0 Å². The van der Waals surface area contributed by atoms with Gasteiger partial charge in [-0.3, -0.25) is 9.59 Å². The molecule has 0 spiro atoms. The number of ether oxygens (including phenoxy) is 2. The number of carbonyl (C=O) groups is 2. The highest BCUT2D eigenvalue weighted by molar-refractivity contribution is 6.68. The zero-order valence-electron chi connectivity index (χ0n) is 14.0. The SMILES string of the molecule is C=CCC(=O)Oc1ccccc1C(=O)NC(Oc1ccccc1)C(Cl)(Cl)Cl. The molecule has 0 bridgehead atoms. The van der Waals surface area contributed by atoms with Crippen LogP contribution in [0.5, 0.6) is 11.5 Å². The highest BCUT2D eigenvalue weighted by Crippen LogP contribution is 2.32. The number of carbonyl (C=O) groups excluding carboxylic acids is 2. The molecule has 2 aromatic rings. The number of nitrogens with one attached hydrogen (secondary N) is 1. The van der Waals surface area contributed by atoms with Crippen LogP contribution in [0.3, 0.4) is 0 Å². The molecule has 0 aliphatic heterocycles. The second-order valence-electron chi connectivity index (χ2n) is 5.29. The minimum absolute atomic E-state index is 0.00382. The number of hydrogen-bond donors (Lipinski definition) is 1. The summed E-state index contributed by atoms with van der Waals surface area (Å²) < 4.78 is 8.82. The zero-order valence-corrected chi connectivity index (χ0v) is 16.3. The molecule has 0 fully saturated rings. The fourth-order valence-corrected chi connectivity index (χ4v) is 2.33. The van der Waals surface area contributed by atoms with Crippen LogP contribution in [0.1, 0.15) is 16.8 Å². The van der Waals surface area contributed by atoms with E-state index in [1.165, 1.54) is 18.2 Å². The van der Waals surface area contributed by atoms with Gasteiger partial charge in [0.25, 0.3) is 5.91 Å². The molecule has 0 heterocycles. The predicted octanol–water partition coefficient (Wildman–Crippen LogP) is 4.67. The summed E-state index contributed by atoms with van der Waals surface area (Å²) in [5.41, 5.74) is 0.0887. The molecule has 1 unspecified atom stereocenters. The number of hydrogen-bond acceptors (Lipinski definition) is 4. The predicted molar refractivity (Wildman–Crippen MR) is 106 cm³/mol. The quantitative estimate of drug-likeness (QED) is 0.229. The molecule has 1 amide bonds. The molecule has 0 saturated carbocycles. The minimum Gasteiger partial charge on any atom is -0.466 e. The number of benzene rings is 2. The molecule has 8 heteroatoms. The van der Waals surface area contributed by atoms with Gasteiger partial charge in [-0.1, -0.05) is 71.2 Å². The Bertz CT molecular complexity index is 806. The van der Waals surface area contributed by atoms with Gasteiger partial charge in [0, 0.05) is 0 Å². The van der Waals surface area contributed by atoms with Crippen molar-refractivity contribution in [1.29, 1.82) is 0 Å². The summed E-state index contributed by atoms with van der Waals surface area (Å²) in [7, 11) is 0. The smallest absolute Gasteiger partial charge is 0.315 e. The largest absolute Gasteiger partial charge is 0.466 e. The van der Waals surface area contributed by atoms with E-state index in [1.807, 2.05) is 0 Å². The lowest BCUT2D eigenvalue weighted by molar-refractivity contribution is -0.133. The van der Waals surface area contributed by atoms with E-state index in [1.54, 1.807) is 42.5 Å². The van der Waals surface area contributed by atoms with Gasteiger partial charge < -0.3 is 14.8 Å². The Labute approximate surface area is 171 Å². The van der Waals surface area contributed by atoms with Gasteiger partial charge in [0.1, 0.15) is 11.5 Å². The van der Waals surface area contributed by atoms with Crippen LogP contribution in [0.2, 0.25) is 0 Å². The number of esters is 1. The third-order valence-corrected chi connectivity index (χ3v) is 3.82. The van der Waals surface area contributed by atoms with Gasteiger partial charge >= 0.3 is 5.97 Å². The molecule has 0 aromatic heterocycles. The summed E-state index contributed by atoms with van der Waals surface area (Å²) in [5.74, 6) is -0.711. The van der Waals surface area contributed by atoms with E-state index in [0.717, 1.165) is 0 Å². The summed E-state index contributed by atoms with van der Waals surface area (Å²) in [6.45, 7) is 3.47. The van der Waals surface area contributed by atoms with E-state index in [-0.39, 0.29) is 17.7 Å². The Morgan fingerprint density at radius 3 is 2.33 bits per heavy atom. The van der Waals surface area contributed by atoms with Gasteiger partial charge in [-0.05, 0) is 24.3 Å². The number of rotatable bonds is 7. The lowest BCUT2D eigenvalue weighted by atomic mass is 10.2. The molecular weight excluding hydrogens is 413 g/mol. The summed E-state index contributed by atoms with van der Waals surface area (Å²) in [5, 5.41) is 2.50. The Morgan fingerprint density at radius 1 is 1.07 bits per heavy atom. The molecule has 0 radical (unpaired) electrons. The zero-order chi connectivity index (χ0) is 19.9. The molecule has 0 saturated heterocycles. The van der Waals surface area contributed by atoms with Gasteiger partial charge in [-0.25, -0.2) is 0 Å². The van der Waals surface area contributed by atoms with Crippen LogP contribution in [0.4, 0.5) is 0 Å². The van der Waals surface area contributed by atoms with Crippen molar-refractivity contribution in [2.24, 2.45) is 0 Å². The third-order valence-electron chi connectivity index (χ3n) is 3.22. The maximum absolute atomic E-state index is 12.7. The van der Waals surface area contributed by atoms with Crippen molar-refractivity contribution in [3.63, 3.8) is 0 Å². The average Bonchev–Trinajstić information content (AvgIpc) is 2.62. The first-order valence-electron chi connectivity index (χ1n) is 7.81. The first-order chi connectivity index (χ1) is 12.8. The standard InChI is InChI=1S/C19H16Cl3NO4/c1-2-8-16(24)27-15-12-7-6-11-14(15)17(25)23-18(19(20,21)22)26-13-9-4-3-5-10-13/h2-7,9-12,18H,1,8H2,(H,23,25). The molecule has 5 nitrogen and oxygen atoms in total. The molecule has 0 aliphatic rings. The fraction of sp³-hybridized carbons (Fsp3) is 0.158. The Hall–Kier alpha value is -2.21. The van der Waals surface area contributed by atoms with Crippen molar-refractivity contribution >= 4 is 46.7 Å². The van der Waals surface area contributed by atoms with Gasteiger partial charge in [-0.15, -0.1) is 6.58 Å². The maximum atomic E-state index is 12.7. The highest BCUT2D eigenvalue weighted by atomic mass is 35.6. The number of amides is 1. The van der Waals surface area contributed by atoms with Gasteiger partial charge in [0.2, 0.25) is 10.0 Å². The summed E-state index contributed by atoms with van der Waals surface area (Å²) in [4.78, 5) is 24.4. The topological polar surface area (TPSA) is 64.6 Å². The first kappa shape index (κ1) is 21.1. The third kappa shape index (κ3) is 6.47. The second-order valence-corrected chi connectivity index (χ2v) is 7.66. The number of halogens is 3. The number of para-hydroxylation sites is 2. The molecular formula is C19H16Cl3NO4. The first-order valence-corrected chi connectivity index (χ1v) is 8.94. The van der Waals surface area contributed by atoms with Crippen LogP contribution in [0.15, 0.2) is 67.3 Å². The normalized spacial score (nSPS) is 12.0. The van der Waals surface area contributed by atoms with Crippen molar-refractivity contribution in [3.05, 3.63) is 72.8 Å².